The number of aryl methyl sites for hydroxylation is 2. The zero-order valence-corrected chi connectivity index (χ0v) is 36.1. The summed E-state index contributed by atoms with van der Waals surface area (Å²) in [7, 11) is 3.91. The molecule has 0 heterocycles. The van der Waals surface area contributed by atoms with Crippen molar-refractivity contribution < 1.29 is 128 Å². The normalized spacial score (nSPS) is 10.3. The molecule has 268 valence electrons. The molecule has 0 saturated heterocycles. The molecular weight excluding hydrogens is 737 g/mol. The van der Waals surface area contributed by atoms with Crippen LogP contribution < -0.4 is 114 Å². The van der Waals surface area contributed by atoms with Crippen molar-refractivity contribution in [3.05, 3.63) is 95.1 Å². The molecule has 4 aromatic rings. The SMILES string of the molecule is COc1ccc(CCC(=O)c2ccc(OP(=O)([O-])Oc3ccc(C(=O)CCc4ccc(OC)cc4OC)c(OC)c3)cc2OC)c(OC)c1.[Cl-].[Na+].[Na+]. The fourth-order valence-electron chi connectivity index (χ4n) is 5.08. The molecule has 0 atom stereocenters. The van der Waals surface area contributed by atoms with Crippen molar-refractivity contribution in [3.63, 3.8) is 0 Å². The molecule has 0 spiro atoms. The number of phosphoric ester groups is 1. The second-order valence-corrected chi connectivity index (χ2v) is 11.8. The first-order chi connectivity index (χ1) is 23.5. The van der Waals surface area contributed by atoms with Crippen LogP contribution in [0.15, 0.2) is 72.8 Å². The monoisotopic (exact) mass is 774 g/mol. The van der Waals surface area contributed by atoms with Crippen molar-refractivity contribution in [1.29, 1.82) is 0 Å². The van der Waals surface area contributed by atoms with Gasteiger partial charge in [-0.05, 0) is 60.4 Å². The molecule has 12 nitrogen and oxygen atoms in total. The molecule has 0 unspecified atom stereocenters. The van der Waals surface area contributed by atoms with Crippen LogP contribution >= 0.6 is 7.82 Å². The molecule has 0 bridgehead atoms. The minimum absolute atomic E-state index is 0. The van der Waals surface area contributed by atoms with E-state index in [4.69, 9.17) is 37.5 Å². The third-order valence-corrected chi connectivity index (χ3v) is 8.48. The largest absolute Gasteiger partial charge is 1.00 e. The van der Waals surface area contributed by atoms with Gasteiger partial charge in [-0.2, -0.15) is 0 Å². The van der Waals surface area contributed by atoms with Crippen LogP contribution in [0.25, 0.3) is 0 Å². The van der Waals surface area contributed by atoms with Gasteiger partial charge in [0.25, 0.3) is 0 Å². The predicted octanol–water partition coefficient (Wildman–Crippen LogP) is -2.69. The Kier molecular flexibility index (Phi) is 20.3. The van der Waals surface area contributed by atoms with Crippen LogP contribution in [0.1, 0.15) is 44.7 Å². The molecule has 4 rings (SSSR count). The van der Waals surface area contributed by atoms with E-state index in [1.54, 1.807) is 38.5 Å². The third kappa shape index (κ3) is 12.6. The van der Waals surface area contributed by atoms with E-state index in [0.717, 1.165) is 11.1 Å². The first-order valence-electron chi connectivity index (χ1n) is 15.1. The van der Waals surface area contributed by atoms with E-state index in [9.17, 15) is 19.0 Å². The Morgan fingerprint density at radius 3 is 1.17 bits per heavy atom. The molecule has 0 saturated carbocycles. The number of hydrogen-bond donors (Lipinski definition) is 0. The predicted molar refractivity (Wildman–Crippen MR) is 179 cm³/mol. The maximum atomic E-state index is 13.1. The van der Waals surface area contributed by atoms with Crippen molar-refractivity contribution >= 4 is 19.4 Å². The Bertz CT molecular complexity index is 1730. The van der Waals surface area contributed by atoms with Crippen molar-refractivity contribution in [1.82, 2.24) is 0 Å². The number of ketones is 2. The topological polar surface area (TPSA) is 148 Å². The summed E-state index contributed by atoms with van der Waals surface area (Å²) < 4.78 is 55.2. The van der Waals surface area contributed by atoms with E-state index in [-0.39, 0.29) is 130 Å². The Balaban J connectivity index is 0.00000451. The standard InChI is InChI=1S/C36H39O12P.ClH.2Na/c1-41-25-11-7-23(33(19-25)43-3)9-17-31(37)29-15-13-27(21-35(29)45-5)47-49(39,40)48-28-14-16-30(36(22-28)46-6)32(38)18-10-24-8-12-26(42-2)20-34(24)44-4;;;/h7-8,11-16,19-22H,9-10,17-18H2,1-6H3,(H,39,40);1H;;/q;;2*+1/p-2. The number of methoxy groups -OCH3 is 6. The van der Waals surface area contributed by atoms with Crippen LogP contribution in [0.4, 0.5) is 0 Å². The number of carbonyl (C=O) groups is 2. The van der Waals surface area contributed by atoms with Crippen LogP contribution in [0.3, 0.4) is 0 Å². The number of ether oxygens (including phenoxy) is 6. The van der Waals surface area contributed by atoms with Gasteiger partial charge in [0.05, 0.1) is 53.8 Å². The first kappa shape index (κ1) is 47.1. The van der Waals surface area contributed by atoms with Gasteiger partial charge in [-0.3, -0.25) is 9.59 Å². The van der Waals surface area contributed by atoms with Crippen LogP contribution in [-0.4, -0.2) is 54.2 Å². The molecule has 0 aromatic heterocycles. The number of phosphoric acid groups is 1. The summed E-state index contributed by atoms with van der Waals surface area (Å²) in [6.07, 6.45) is 1.06. The quantitative estimate of drug-likeness (QED) is 0.0590. The number of hydrogen-bond acceptors (Lipinski definition) is 12. The fraction of sp³-hybridized carbons (Fsp3) is 0.278. The molecule has 0 aliphatic heterocycles. The van der Waals surface area contributed by atoms with Gasteiger partial charge in [-0.15, -0.1) is 0 Å². The van der Waals surface area contributed by atoms with E-state index in [2.05, 4.69) is 0 Å². The Labute approximate surface area is 354 Å². The minimum atomic E-state index is -4.99. The van der Waals surface area contributed by atoms with Gasteiger partial charge in [0.2, 0.25) is 0 Å². The maximum Gasteiger partial charge on any atom is 1.00 e. The Hall–Kier alpha value is -2.90. The minimum Gasteiger partial charge on any atom is -1.00 e. The maximum absolute atomic E-state index is 13.1. The van der Waals surface area contributed by atoms with Crippen molar-refractivity contribution in [2.24, 2.45) is 0 Å². The Morgan fingerprint density at radius 2 is 0.846 bits per heavy atom. The number of carbonyl (C=O) groups excluding carboxylic acids is 2. The molecule has 0 radical (unpaired) electrons. The second-order valence-electron chi connectivity index (χ2n) is 10.6. The van der Waals surface area contributed by atoms with Gasteiger partial charge in [0.1, 0.15) is 46.0 Å². The van der Waals surface area contributed by atoms with E-state index in [1.165, 1.54) is 64.8 Å². The molecule has 52 heavy (non-hydrogen) atoms. The average Bonchev–Trinajstić information content (AvgIpc) is 3.11. The summed E-state index contributed by atoms with van der Waals surface area (Å²) >= 11 is 0. The van der Waals surface area contributed by atoms with Crippen molar-refractivity contribution in [2.75, 3.05) is 42.7 Å². The summed E-state index contributed by atoms with van der Waals surface area (Å²) in [5.74, 6) is 1.99. The second kappa shape index (κ2) is 22.3. The molecule has 0 N–H and O–H groups in total. The van der Waals surface area contributed by atoms with E-state index >= 15 is 0 Å². The van der Waals surface area contributed by atoms with Crippen molar-refractivity contribution in [2.45, 2.75) is 25.7 Å². The summed E-state index contributed by atoms with van der Waals surface area (Å²) in [5, 5.41) is 0. The number of Topliss-reactive ketones (excluding diaryl/α,β-unsaturated/α-hetero) is 2. The Morgan fingerprint density at radius 1 is 0.519 bits per heavy atom. The molecule has 0 aliphatic rings. The van der Waals surface area contributed by atoms with Gasteiger partial charge in [0.15, 0.2) is 11.6 Å². The van der Waals surface area contributed by atoms with Gasteiger partial charge in [-0.25, -0.2) is 4.57 Å². The summed E-state index contributed by atoms with van der Waals surface area (Å²) in [6.45, 7) is 0. The van der Waals surface area contributed by atoms with E-state index in [0.29, 0.717) is 35.8 Å². The zero-order chi connectivity index (χ0) is 35.6. The molecular formula is C36H38ClNa2O12P. The first-order valence-corrected chi connectivity index (χ1v) is 16.5. The molecule has 0 amide bonds. The van der Waals surface area contributed by atoms with E-state index < -0.39 is 7.82 Å². The van der Waals surface area contributed by atoms with Crippen LogP contribution in [-0.2, 0) is 17.4 Å². The van der Waals surface area contributed by atoms with Crippen LogP contribution in [0.5, 0.6) is 46.0 Å². The van der Waals surface area contributed by atoms with Crippen LogP contribution in [0, 0.1) is 0 Å². The average molecular weight is 775 g/mol. The number of rotatable bonds is 18. The van der Waals surface area contributed by atoms with Gasteiger partial charge < -0.3 is 54.8 Å². The molecule has 0 aliphatic carbocycles. The number of halogens is 1. The molecule has 16 heteroatoms. The van der Waals surface area contributed by atoms with E-state index in [1.807, 2.05) is 12.1 Å². The van der Waals surface area contributed by atoms with Crippen molar-refractivity contribution in [3.8, 4) is 46.0 Å². The number of benzene rings is 4. The summed E-state index contributed by atoms with van der Waals surface area (Å²) in [5.41, 5.74) is 2.14. The molecule has 4 aromatic carbocycles. The summed E-state index contributed by atoms with van der Waals surface area (Å²) in [6, 6.07) is 18.8. The smallest absolute Gasteiger partial charge is 1.00 e. The molecule has 0 fully saturated rings. The van der Waals surface area contributed by atoms with Crippen LogP contribution in [0.2, 0.25) is 0 Å². The van der Waals surface area contributed by atoms with Gasteiger partial charge in [-0.1, -0.05) is 12.1 Å². The fourth-order valence-corrected chi connectivity index (χ4v) is 5.86. The summed E-state index contributed by atoms with van der Waals surface area (Å²) in [4.78, 5) is 39.0. The van der Waals surface area contributed by atoms with Gasteiger partial charge >= 0.3 is 66.9 Å². The third-order valence-electron chi connectivity index (χ3n) is 7.61. The zero-order valence-electron chi connectivity index (χ0n) is 30.5. The van der Waals surface area contributed by atoms with Gasteiger partial charge in [0, 0.05) is 37.1 Å².